The average molecular weight is 336 g/mol. The molecule has 1 N–H and O–H groups in total. The summed E-state index contributed by atoms with van der Waals surface area (Å²) in [6.45, 7) is 0.836. The Bertz CT molecular complexity index is 827. The Morgan fingerprint density at radius 1 is 1.12 bits per heavy atom. The molecular weight excluding hydrogens is 316 g/mol. The Kier molecular flexibility index (Phi) is 5.15. The molecule has 0 radical (unpaired) electrons. The first kappa shape index (κ1) is 16.8. The first-order valence-corrected chi connectivity index (χ1v) is 7.96. The molecule has 0 atom stereocenters. The van der Waals surface area contributed by atoms with Crippen LogP contribution in [0.15, 0.2) is 54.9 Å². The molecule has 0 spiro atoms. The lowest BCUT2D eigenvalue weighted by Gasteiger charge is -2.11. The van der Waals surface area contributed by atoms with E-state index in [1.165, 1.54) is 6.33 Å². The maximum Gasteiger partial charge on any atom is 0.228 e. The number of rotatable bonds is 6. The molecule has 7 nitrogen and oxygen atoms in total. The fourth-order valence-corrected chi connectivity index (χ4v) is 2.55. The first-order chi connectivity index (χ1) is 12.1. The summed E-state index contributed by atoms with van der Waals surface area (Å²) in [5.74, 6) is -0.0443. The smallest absolute Gasteiger partial charge is 0.228 e. The normalized spacial score (nSPS) is 10.8. The van der Waals surface area contributed by atoms with Gasteiger partial charge in [-0.05, 0) is 59.9 Å². The maximum absolute atomic E-state index is 12.3. The number of hydrogen-bond acceptors (Lipinski definition) is 5. The van der Waals surface area contributed by atoms with Crippen molar-refractivity contribution in [2.75, 3.05) is 19.4 Å². The van der Waals surface area contributed by atoms with Gasteiger partial charge < -0.3 is 10.2 Å². The Morgan fingerprint density at radius 2 is 1.92 bits per heavy atom. The highest BCUT2D eigenvalue weighted by atomic mass is 16.1. The molecule has 3 aromatic rings. The van der Waals surface area contributed by atoms with E-state index in [0.29, 0.717) is 6.42 Å². The number of amides is 1. The topological polar surface area (TPSA) is 75.9 Å². The zero-order chi connectivity index (χ0) is 17.6. The number of nitrogens with zero attached hydrogens (tertiary/aromatic N) is 5. The van der Waals surface area contributed by atoms with Gasteiger partial charge in [0.05, 0.1) is 12.1 Å². The first-order valence-electron chi connectivity index (χ1n) is 7.96. The van der Waals surface area contributed by atoms with Gasteiger partial charge in [0.15, 0.2) is 0 Å². The van der Waals surface area contributed by atoms with Crippen molar-refractivity contribution < 1.29 is 4.79 Å². The fourth-order valence-electron chi connectivity index (χ4n) is 2.55. The van der Waals surface area contributed by atoms with Gasteiger partial charge in [0.1, 0.15) is 6.33 Å². The SMILES string of the molecule is CN(C)Cc1cccc(NC(=O)Cc2ccc(-n3cnnn3)cc2)c1. The molecule has 1 aromatic heterocycles. The molecule has 0 aliphatic heterocycles. The Balaban J connectivity index is 1.61. The summed E-state index contributed by atoms with van der Waals surface area (Å²) >= 11 is 0. The maximum atomic E-state index is 12.3. The molecule has 0 saturated carbocycles. The summed E-state index contributed by atoms with van der Waals surface area (Å²) in [6, 6.07) is 15.5. The van der Waals surface area contributed by atoms with Crippen LogP contribution in [0, 0.1) is 0 Å². The van der Waals surface area contributed by atoms with Crippen molar-refractivity contribution in [1.29, 1.82) is 0 Å². The third kappa shape index (κ3) is 4.71. The number of tetrazole rings is 1. The largest absolute Gasteiger partial charge is 0.326 e. The van der Waals surface area contributed by atoms with Gasteiger partial charge in [0, 0.05) is 12.2 Å². The van der Waals surface area contributed by atoms with Crippen molar-refractivity contribution in [2.45, 2.75) is 13.0 Å². The molecule has 128 valence electrons. The molecule has 1 amide bonds. The molecule has 7 heteroatoms. The highest BCUT2D eigenvalue weighted by Crippen LogP contribution is 2.13. The Morgan fingerprint density at radius 3 is 2.60 bits per heavy atom. The van der Waals surface area contributed by atoms with Gasteiger partial charge in [-0.3, -0.25) is 4.79 Å². The van der Waals surface area contributed by atoms with Crippen molar-refractivity contribution in [3.63, 3.8) is 0 Å². The molecule has 0 saturated heterocycles. The molecule has 0 bridgehead atoms. The summed E-state index contributed by atoms with van der Waals surface area (Å²) in [4.78, 5) is 14.4. The quantitative estimate of drug-likeness (QED) is 0.744. The van der Waals surface area contributed by atoms with Gasteiger partial charge in [0.25, 0.3) is 0 Å². The standard InChI is InChI=1S/C18H20N6O/c1-23(2)12-15-4-3-5-16(10-15)20-18(25)11-14-6-8-17(9-7-14)24-13-19-21-22-24/h3-10,13H,11-12H2,1-2H3,(H,20,25). The van der Waals surface area contributed by atoms with E-state index in [-0.39, 0.29) is 5.91 Å². The summed E-state index contributed by atoms with van der Waals surface area (Å²) in [5, 5.41) is 14.0. The number of nitrogens with one attached hydrogen (secondary N) is 1. The van der Waals surface area contributed by atoms with Crippen molar-refractivity contribution >= 4 is 11.6 Å². The van der Waals surface area contributed by atoms with Crippen LogP contribution in [-0.4, -0.2) is 45.1 Å². The summed E-state index contributed by atoms with van der Waals surface area (Å²) in [7, 11) is 4.04. The van der Waals surface area contributed by atoms with Crippen molar-refractivity contribution in [3.8, 4) is 5.69 Å². The van der Waals surface area contributed by atoms with E-state index in [4.69, 9.17) is 0 Å². The predicted molar refractivity (Wildman–Crippen MR) is 95.3 cm³/mol. The van der Waals surface area contributed by atoms with Crippen LogP contribution >= 0.6 is 0 Å². The number of benzene rings is 2. The van der Waals surface area contributed by atoms with Gasteiger partial charge in [-0.25, -0.2) is 4.68 Å². The van der Waals surface area contributed by atoms with Crippen molar-refractivity contribution in [2.24, 2.45) is 0 Å². The molecule has 1 heterocycles. The lowest BCUT2D eigenvalue weighted by atomic mass is 10.1. The number of carbonyl (C=O) groups is 1. The van der Waals surface area contributed by atoms with Gasteiger partial charge in [-0.2, -0.15) is 0 Å². The van der Waals surface area contributed by atoms with Gasteiger partial charge in [0.2, 0.25) is 5.91 Å². The van der Waals surface area contributed by atoms with Crippen LogP contribution in [0.2, 0.25) is 0 Å². The average Bonchev–Trinajstić information content (AvgIpc) is 3.09. The molecule has 0 aliphatic rings. The summed E-state index contributed by atoms with van der Waals surface area (Å²) in [6.07, 6.45) is 1.84. The molecule has 0 unspecified atom stereocenters. The van der Waals surface area contributed by atoms with Crippen LogP contribution in [0.5, 0.6) is 0 Å². The minimum Gasteiger partial charge on any atom is -0.326 e. The number of carbonyl (C=O) groups excluding carboxylic acids is 1. The third-order valence-electron chi connectivity index (χ3n) is 3.62. The van der Waals surface area contributed by atoms with E-state index < -0.39 is 0 Å². The van der Waals surface area contributed by atoms with E-state index in [1.807, 2.05) is 62.6 Å². The van der Waals surface area contributed by atoms with Gasteiger partial charge in [-0.15, -0.1) is 5.10 Å². The summed E-state index contributed by atoms with van der Waals surface area (Å²) in [5.41, 5.74) is 3.76. The zero-order valence-corrected chi connectivity index (χ0v) is 14.3. The molecule has 3 rings (SSSR count). The second-order valence-electron chi connectivity index (χ2n) is 6.08. The number of anilines is 1. The third-order valence-corrected chi connectivity index (χ3v) is 3.62. The van der Waals surface area contributed by atoms with Crippen LogP contribution in [0.3, 0.4) is 0 Å². The lowest BCUT2D eigenvalue weighted by molar-refractivity contribution is -0.115. The van der Waals surface area contributed by atoms with Crippen LogP contribution in [-0.2, 0) is 17.8 Å². The molecule has 0 aliphatic carbocycles. The van der Waals surface area contributed by atoms with Crippen LogP contribution in [0.1, 0.15) is 11.1 Å². The summed E-state index contributed by atoms with van der Waals surface area (Å²) < 4.78 is 1.57. The van der Waals surface area contributed by atoms with E-state index in [1.54, 1.807) is 4.68 Å². The number of aromatic nitrogens is 4. The van der Waals surface area contributed by atoms with Crippen LogP contribution < -0.4 is 5.32 Å². The van der Waals surface area contributed by atoms with E-state index in [0.717, 1.165) is 29.0 Å². The van der Waals surface area contributed by atoms with Crippen LogP contribution in [0.25, 0.3) is 5.69 Å². The second kappa shape index (κ2) is 7.67. The molecule has 0 fully saturated rings. The Hall–Kier alpha value is -3.06. The molecular formula is C18H20N6O. The predicted octanol–water partition coefficient (Wildman–Crippen LogP) is 1.91. The van der Waals surface area contributed by atoms with Gasteiger partial charge in [-0.1, -0.05) is 24.3 Å². The number of hydrogen-bond donors (Lipinski definition) is 1. The minimum atomic E-state index is -0.0443. The van der Waals surface area contributed by atoms with Crippen molar-refractivity contribution in [3.05, 3.63) is 66.0 Å². The van der Waals surface area contributed by atoms with Gasteiger partial charge >= 0.3 is 0 Å². The lowest BCUT2D eigenvalue weighted by Crippen LogP contribution is -2.15. The van der Waals surface area contributed by atoms with E-state index >= 15 is 0 Å². The Labute approximate surface area is 146 Å². The highest BCUT2D eigenvalue weighted by molar-refractivity contribution is 5.92. The minimum absolute atomic E-state index is 0.0443. The monoisotopic (exact) mass is 336 g/mol. The molecule has 25 heavy (non-hydrogen) atoms. The van der Waals surface area contributed by atoms with Crippen molar-refractivity contribution in [1.82, 2.24) is 25.1 Å². The fraction of sp³-hybridized carbons (Fsp3) is 0.222. The van der Waals surface area contributed by atoms with Crippen LogP contribution in [0.4, 0.5) is 5.69 Å². The second-order valence-corrected chi connectivity index (χ2v) is 6.08. The zero-order valence-electron chi connectivity index (χ0n) is 14.3. The molecule has 2 aromatic carbocycles. The highest BCUT2D eigenvalue weighted by Gasteiger charge is 2.06. The van der Waals surface area contributed by atoms with E-state index in [9.17, 15) is 4.79 Å². The van der Waals surface area contributed by atoms with E-state index in [2.05, 4.69) is 25.7 Å².